The number of benzene rings is 1. The number of hydrogen-bond donors (Lipinski definition) is 0. The Balaban J connectivity index is 1.88. The van der Waals surface area contributed by atoms with E-state index in [-0.39, 0.29) is 10.6 Å². The first-order chi connectivity index (χ1) is 10.1. The molecule has 3 aromatic rings. The van der Waals surface area contributed by atoms with Crippen molar-refractivity contribution >= 4 is 17.0 Å². The largest absolute Gasteiger partial charge is 0.272 e. The van der Waals surface area contributed by atoms with Gasteiger partial charge in [0.15, 0.2) is 0 Å². The number of hydrogen-bond acceptors (Lipinski definition) is 4. The topological polar surface area (TPSA) is 61.0 Å². The molecule has 0 unspecified atom stereocenters. The van der Waals surface area contributed by atoms with Crippen LogP contribution in [0.25, 0.3) is 11.3 Å². The Labute approximate surface area is 125 Å². The minimum absolute atomic E-state index is 0.151. The van der Waals surface area contributed by atoms with Gasteiger partial charge in [0.1, 0.15) is 0 Å². The summed E-state index contributed by atoms with van der Waals surface area (Å²) in [6, 6.07) is 9.11. The van der Waals surface area contributed by atoms with Gasteiger partial charge in [-0.25, -0.2) is 0 Å². The first-order valence-corrected chi connectivity index (χ1v) is 7.38. The molecule has 0 aliphatic rings. The highest BCUT2D eigenvalue weighted by atomic mass is 32.1. The Morgan fingerprint density at radius 1 is 1.33 bits per heavy atom. The van der Waals surface area contributed by atoms with Crippen molar-refractivity contribution in [3.05, 3.63) is 68.5 Å². The molecular weight excluding hydrogens is 286 g/mol. The molecule has 1 aromatic carbocycles. The summed E-state index contributed by atoms with van der Waals surface area (Å²) >= 11 is 1.63. The molecule has 2 heterocycles. The van der Waals surface area contributed by atoms with Crippen LogP contribution in [0.1, 0.15) is 11.1 Å². The lowest BCUT2D eigenvalue weighted by molar-refractivity contribution is -0.385. The van der Waals surface area contributed by atoms with Gasteiger partial charge >= 0.3 is 0 Å². The van der Waals surface area contributed by atoms with Crippen molar-refractivity contribution < 1.29 is 4.92 Å². The molecular formula is C15H13N3O2S. The summed E-state index contributed by atoms with van der Waals surface area (Å²) in [5.41, 5.74) is 3.76. The van der Waals surface area contributed by atoms with Crippen LogP contribution in [0.5, 0.6) is 0 Å². The summed E-state index contributed by atoms with van der Waals surface area (Å²) in [5, 5.41) is 19.5. The summed E-state index contributed by atoms with van der Waals surface area (Å²) in [6.07, 6.45) is 1.89. The standard InChI is InChI=1S/C15H13N3O2S/c1-11-12(3-2-4-15(11)18(19)20)9-17-7-5-14(16-17)13-6-8-21-10-13/h2-8,10H,9H2,1H3. The molecule has 0 N–H and O–H groups in total. The predicted molar refractivity (Wildman–Crippen MR) is 82.5 cm³/mol. The van der Waals surface area contributed by atoms with Gasteiger partial charge in [-0.1, -0.05) is 12.1 Å². The maximum atomic E-state index is 11.0. The molecule has 5 nitrogen and oxygen atoms in total. The predicted octanol–water partition coefficient (Wildman–Crippen LogP) is 3.88. The molecule has 0 amide bonds. The van der Waals surface area contributed by atoms with Crippen LogP contribution in [0.15, 0.2) is 47.3 Å². The number of rotatable bonds is 4. The van der Waals surface area contributed by atoms with E-state index in [9.17, 15) is 10.1 Å². The van der Waals surface area contributed by atoms with Gasteiger partial charge in [-0.3, -0.25) is 14.8 Å². The quantitative estimate of drug-likeness (QED) is 0.542. The lowest BCUT2D eigenvalue weighted by Crippen LogP contribution is -2.04. The highest BCUT2D eigenvalue weighted by molar-refractivity contribution is 7.08. The van der Waals surface area contributed by atoms with Crippen molar-refractivity contribution in [2.75, 3.05) is 0 Å². The molecule has 0 saturated heterocycles. The molecule has 0 bridgehead atoms. The molecule has 3 rings (SSSR count). The van der Waals surface area contributed by atoms with Gasteiger partial charge < -0.3 is 0 Å². The Hall–Kier alpha value is -2.47. The zero-order valence-electron chi connectivity index (χ0n) is 11.4. The van der Waals surface area contributed by atoms with E-state index in [1.807, 2.05) is 35.2 Å². The maximum Gasteiger partial charge on any atom is 0.272 e. The fourth-order valence-electron chi connectivity index (χ4n) is 2.23. The molecule has 0 fully saturated rings. The lowest BCUT2D eigenvalue weighted by Gasteiger charge is -2.06. The summed E-state index contributed by atoms with van der Waals surface area (Å²) in [7, 11) is 0. The third-order valence-electron chi connectivity index (χ3n) is 3.40. The number of thiophene rings is 1. The van der Waals surface area contributed by atoms with Crippen molar-refractivity contribution in [1.29, 1.82) is 0 Å². The smallest absolute Gasteiger partial charge is 0.268 e. The Kier molecular flexibility index (Phi) is 3.53. The zero-order chi connectivity index (χ0) is 14.8. The highest BCUT2D eigenvalue weighted by Gasteiger charge is 2.13. The van der Waals surface area contributed by atoms with Gasteiger partial charge in [0.25, 0.3) is 5.69 Å². The Bertz CT molecular complexity index is 778. The van der Waals surface area contributed by atoms with Gasteiger partial charge in [-0.15, -0.1) is 0 Å². The van der Waals surface area contributed by atoms with Crippen molar-refractivity contribution in [3.63, 3.8) is 0 Å². The molecule has 106 valence electrons. The number of nitro groups is 1. The van der Waals surface area contributed by atoms with Crippen LogP contribution < -0.4 is 0 Å². The van der Waals surface area contributed by atoms with E-state index >= 15 is 0 Å². The average Bonchev–Trinajstić information content (AvgIpc) is 3.11. The zero-order valence-corrected chi connectivity index (χ0v) is 12.2. The number of nitro benzene ring substituents is 1. The van der Waals surface area contributed by atoms with Crippen LogP contribution in [0, 0.1) is 17.0 Å². The molecule has 0 aliphatic heterocycles. The molecule has 21 heavy (non-hydrogen) atoms. The fraction of sp³-hybridized carbons (Fsp3) is 0.133. The third kappa shape index (κ3) is 2.71. The molecule has 0 aliphatic carbocycles. The Morgan fingerprint density at radius 2 is 2.19 bits per heavy atom. The highest BCUT2D eigenvalue weighted by Crippen LogP contribution is 2.23. The van der Waals surface area contributed by atoms with Gasteiger partial charge in [-0.2, -0.15) is 16.4 Å². The molecule has 0 spiro atoms. The van der Waals surface area contributed by atoms with Crippen LogP contribution in [0.4, 0.5) is 5.69 Å². The SMILES string of the molecule is Cc1c(Cn2ccc(-c3ccsc3)n2)cccc1[N+](=O)[O-]. The number of nitrogens with zero attached hydrogens (tertiary/aromatic N) is 3. The van der Waals surface area contributed by atoms with Gasteiger partial charge in [0.05, 0.1) is 17.2 Å². The van der Waals surface area contributed by atoms with Gasteiger partial charge in [0.2, 0.25) is 0 Å². The average molecular weight is 299 g/mol. The molecule has 0 atom stereocenters. The van der Waals surface area contributed by atoms with Crippen molar-refractivity contribution in [2.45, 2.75) is 13.5 Å². The van der Waals surface area contributed by atoms with E-state index in [2.05, 4.69) is 5.10 Å². The molecule has 0 saturated carbocycles. The first kappa shape index (κ1) is 13.5. The first-order valence-electron chi connectivity index (χ1n) is 6.44. The van der Waals surface area contributed by atoms with Gasteiger partial charge in [-0.05, 0) is 30.0 Å². The maximum absolute atomic E-state index is 11.0. The summed E-state index contributed by atoms with van der Waals surface area (Å²) < 4.78 is 1.80. The minimum atomic E-state index is -0.349. The summed E-state index contributed by atoms with van der Waals surface area (Å²) in [5.74, 6) is 0. The monoisotopic (exact) mass is 299 g/mol. The van der Waals surface area contributed by atoms with Crippen LogP contribution in [0.2, 0.25) is 0 Å². The van der Waals surface area contributed by atoms with Gasteiger partial charge in [0, 0.05) is 28.8 Å². The summed E-state index contributed by atoms with van der Waals surface area (Å²) in [6.45, 7) is 2.30. The fourth-order valence-corrected chi connectivity index (χ4v) is 2.88. The second-order valence-corrected chi connectivity index (χ2v) is 5.51. The third-order valence-corrected chi connectivity index (χ3v) is 4.09. The van der Waals surface area contributed by atoms with Crippen LogP contribution in [-0.4, -0.2) is 14.7 Å². The van der Waals surface area contributed by atoms with E-state index in [1.54, 1.807) is 29.0 Å². The molecule has 2 aromatic heterocycles. The van der Waals surface area contributed by atoms with E-state index in [4.69, 9.17) is 0 Å². The van der Waals surface area contributed by atoms with Crippen molar-refractivity contribution in [3.8, 4) is 11.3 Å². The second-order valence-electron chi connectivity index (χ2n) is 4.73. The second kappa shape index (κ2) is 5.49. The van der Waals surface area contributed by atoms with Crippen molar-refractivity contribution in [2.24, 2.45) is 0 Å². The molecule has 0 radical (unpaired) electrons. The summed E-state index contributed by atoms with van der Waals surface area (Å²) in [4.78, 5) is 10.6. The minimum Gasteiger partial charge on any atom is -0.268 e. The molecule has 6 heteroatoms. The van der Waals surface area contributed by atoms with E-state index in [1.165, 1.54) is 6.07 Å². The van der Waals surface area contributed by atoms with E-state index < -0.39 is 0 Å². The lowest BCUT2D eigenvalue weighted by atomic mass is 10.1. The Morgan fingerprint density at radius 3 is 2.90 bits per heavy atom. The van der Waals surface area contributed by atoms with E-state index in [0.29, 0.717) is 12.1 Å². The van der Waals surface area contributed by atoms with E-state index in [0.717, 1.165) is 16.8 Å². The normalized spacial score (nSPS) is 10.7. The van der Waals surface area contributed by atoms with Crippen LogP contribution >= 0.6 is 11.3 Å². The van der Waals surface area contributed by atoms with Crippen LogP contribution in [-0.2, 0) is 6.54 Å². The van der Waals surface area contributed by atoms with Crippen LogP contribution in [0.3, 0.4) is 0 Å². The number of aromatic nitrogens is 2. The van der Waals surface area contributed by atoms with Crippen molar-refractivity contribution in [1.82, 2.24) is 9.78 Å².